The molecule has 9 nitrogen and oxygen atoms in total. The lowest BCUT2D eigenvalue weighted by Crippen LogP contribution is -2.37. The normalized spacial score (nSPS) is 17.2. The number of aryl methyl sites for hydroxylation is 1. The van der Waals surface area contributed by atoms with Crippen LogP contribution < -0.4 is 9.80 Å². The molecule has 2 saturated heterocycles. The van der Waals surface area contributed by atoms with Gasteiger partial charge in [0, 0.05) is 61.9 Å². The molecule has 0 aliphatic carbocycles. The van der Waals surface area contributed by atoms with E-state index in [-0.39, 0.29) is 6.10 Å². The fourth-order valence-electron chi connectivity index (χ4n) is 5.10. The maximum atomic E-state index is 9.92. The van der Waals surface area contributed by atoms with Crippen molar-refractivity contribution in [1.82, 2.24) is 24.5 Å². The third kappa shape index (κ3) is 4.29. The number of aromatic nitrogens is 5. The zero-order valence-corrected chi connectivity index (χ0v) is 20.5. The number of aliphatic hydroxyl groups is 1. The average molecular weight is 486 g/mol. The molecule has 186 valence electrons. The smallest absolute Gasteiger partial charge is 0.166 e. The Morgan fingerprint density at radius 1 is 0.917 bits per heavy atom. The van der Waals surface area contributed by atoms with Gasteiger partial charge in [0.05, 0.1) is 19.3 Å². The number of aliphatic hydroxyl groups excluding tert-OH is 1. The number of imidazole rings is 1. The van der Waals surface area contributed by atoms with E-state index < -0.39 is 0 Å². The van der Waals surface area contributed by atoms with Crippen molar-refractivity contribution in [2.75, 3.05) is 49.2 Å². The first-order valence-corrected chi connectivity index (χ1v) is 12.8. The Hall–Kier alpha value is -3.56. The Bertz CT molecular complexity index is 1340. The summed E-state index contributed by atoms with van der Waals surface area (Å²) < 4.78 is 7.78. The number of piperidine rings is 1. The molecule has 36 heavy (non-hydrogen) atoms. The molecule has 6 rings (SSSR count). The molecule has 2 aliphatic rings. The van der Waals surface area contributed by atoms with Gasteiger partial charge in [-0.1, -0.05) is 12.1 Å². The van der Waals surface area contributed by atoms with Crippen LogP contribution in [0.25, 0.3) is 33.9 Å². The van der Waals surface area contributed by atoms with E-state index in [9.17, 15) is 5.11 Å². The lowest BCUT2D eigenvalue weighted by atomic mass is 10.1. The fourth-order valence-corrected chi connectivity index (χ4v) is 5.10. The Labute approximate surface area is 210 Å². The minimum atomic E-state index is -0.199. The Morgan fingerprint density at radius 2 is 1.69 bits per heavy atom. The highest BCUT2D eigenvalue weighted by molar-refractivity contribution is 5.89. The van der Waals surface area contributed by atoms with E-state index in [1.165, 1.54) is 0 Å². The first-order chi connectivity index (χ1) is 17.7. The van der Waals surface area contributed by atoms with Crippen molar-refractivity contribution in [2.24, 2.45) is 0 Å². The second-order valence-electron chi connectivity index (χ2n) is 9.33. The predicted molar refractivity (Wildman–Crippen MR) is 140 cm³/mol. The van der Waals surface area contributed by atoms with E-state index >= 15 is 0 Å². The van der Waals surface area contributed by atoms with Crippen LogP contribution in [0.15, 0.2) is 48.8 Å². The second-order valence-corrected chi connectivity index (χ2v) is 9.33. The topological polar surface area (TPSA) is 92.4 Å². The van der Waals surface area contributed by atoms with Gasteiger partial charge in [-0.05, 0) is 44.0 Å². The number of anilines is 2. The quantitative estimate of drug-likeness (QED) is 0.460. The van der Waals surface area contributed by atoms with Crippen LogP contribution >= 0.6 is 0 Å². The standard InChI is InChI=1S/C27H31N7O2/c1-2-34-25(19-6-10-28-11-7-19)29-23-26(33-14-16-36-17-15-33)30-24(31-27(23)34)20-4-3-5-21(18-20)32-12-8-22(35)9-13-32/h3-7,10-11,18,22,35H,2,8-9,12-17H2,1H3. The molecular formula is C27H31N7O2. The summed E-state index contributed by atoms with van der Waals surface area (Å²) in [7, 11) is 0. The molecule has 1 aromatic carbocycles. The molecule has 0 saturated carbocycles. The van der Waals surface area contributed by atoms with Crippen molar-refractivity contribution in [3.8, 4) is 22.8 Å². The van der Waals surface area contributed by atoms with Gasteiger partial charge in [-0.25, -0.2) is 15.0 Å². The predicted octanol–water partition coefficient (Wildman–Crippen LogP) is 3.37. The molecular weight excluding hydrogens is 454 g/mol. The van der Waals surface area contributed by atoms with Crippen LogP contribution in [0.5, 0.6) is 0 Å². The van der Waals surface area contributed by atoms with E-state index in [0.29, 0.717) is 19.0 Å². The summed E-state index contributed by atoms with van der Waals surface area (Å²) in [5.74, 6) is 2.42. The lowest BCUT2D eigenvalue weighted by Gasteiger charge is -2.31. The SMILES string of the molecule is CCn1c(-c2ccncc2)nc2c(N3CCOCC3)nc(-c3cccc(N4CCC(O)CC4)c3)nc21. The van der Waals surface area contributed by atoms with E-state index in [0.717, 1.165) is 85.2 Å². The van der Waals surface area contributed by atoms with E-state index in [4.69, 9.17) is 19.7 Å². The Kier molecular flexibility index (Phi) is 6.25. The van der Waals surface area contributed by atoms with Crippen LogP contribution in [-0.4, -0.2) is 75.1 Å². The summed E-state index contributed by atoms with van der Waals surface area (Å²) >= 11 is 0. The van der Waals surface area contributed by atoms with Crippen molar-refractivity contribution in [3.05, 3.63) is 48.8 Å². The van der Waals surface area contributed by atoms with Crippen LogP contribution in [0.4, 0.5) is 11.5 Å². The molecule has 0 radical (unpaired) electrons. The van der Waals surface area contributed by atoms with Gasteiger partial charge in [0.15, 0.2) is 22.8 Å². The number of ether oxygens (including phenoxy) is 1. The zero-order valence-electron chi connectivity index (χ0n) is 20.5. The molecule has 9 heteroatoms. The van der Waals surface area contributed by atoms with E-state index in [1.54, 1.807) is 12.4 Å². The maximum Gasteiger partial charge on any atom is 0.166 e. The van der Waals surface area contributed by atoms with Crippen molar-refractivity contribution >= 4 is 22.7 Å². The average Bonchev–Trinajstić information content (AvgIpc) is 3.32. The van der Waals surface area contributed by atoms with Gasteiger partial charge in [-0.3, -0.25) is 4.98 Å². The third-order valence-corrected chi connectivity index (χ3v) is 7.08. The maximum absolute atomic E-state index is 9.92. The zero-order chi connectivity index (χ0) is 24.5. The molecule has 0 spiro atoms. The van der Waals surface area contributed by atoms with Crippen LogP contribution in [0, 0.1) is 0 Å². The molecule has 2 fully saturated rings. The van der Waals surface area contributed by atoms with Gasteiger partial charge in [-0.2, -0.15) is 0 Å². The van der Waals surface area contributed by atoms with E-state index in [1.807, 2.05) is 12.1 Å². The molecule has 0 amide bonds. The summed E-state index contributed by atoms with van der Waals surface area (Å²) in [5, 5.41) is 9.92. The summed E-state index contributed by atoms with van der Waals surface area (Å²) in [5.41, 5.74) is 4.77. The number of nitrogens with zero attached hydrogens (tertiary/aromatic N) is 7. The number of rotatable bonds is 5. The molecule has 5 heterocycles. The van der Waals surface area contributed by atoms with E-state index in [2.05, 4.69) is 50.5 Å². The van der Waals surface area contributed by atoms with Crippen molar-refractivity contribution in [2.45, 2.75) is 32.4 Å². The van der Waals surface area contributed by atoms with Crippen LogP contribution in [-0.2, 0) is 11.3 Å². The highest BCUT2D eigenvalue weighted by atomic mass is 16.5. The Balaban J connectivity index is 1.49. The van der Waals surface area contributed by atoms with Crippen molar-refractivity contribution in [3.63, 3.8) is 0 Å². The molecule has 2 aliphatic heterocycles. The lowest BCUT2D eigenvalue weighted by molar-refractivity contribution is 0.122. The van der Waals surface area contributed by atoms with Crippen LogP contribution in [0.1, 0.15) is 19.8 Å². The summed E-state index contributed by atoms with van der Waals surface area (Å²) in [6.07, 6.45) is 4.97. The molecule has 3 aromatic heterocycles. The van der Waals surface area contributed by atoms with Gasteiger partial charge in [0.25, 0.3) is 0 Å². The number of fused-ring (bicyclic) bond motifs is 1. The molecule has 0 unspecified atom stereocenters. The summed E-state index contributed by atoms with van der Waals surface area (Å²) in [4.78, 5) is 24.0. The largest absolute Gasteiger partial charge is 0.393 e. The minimum Gasteiger partial charge on any atom is -0.393 e. The molecule has 4 aromatic rings. The number of benzene rings is 1. The van der Waals surface area contributed by atoms with Gasteiger partial charge in [0.2, 0.25) is 0 Å². The Morgan fingerprint density at radius 3 is 2.44 bits per heavy atom. The minimum absolute atomic E-state index is 0.199. The van der Waals surface area contributed by atoms with Crippen molar-refractivity contribution in [1.29, 1.82) is 0 Å². The summed E-state index contributed by atoms with van der Waals surface area (Å²) in [6.45, 7) is 7.43. The molecule has 0 atom stereocenters. The van der Waals surface area contributed by atoms with Gasteiger partial charge >= 0.3 is 0 Å². The second kappa shape index (κ2) is 9.83. The van der Waals surface area contributed by atoms with Crippen LogP contribution in [0.3, 0.4) is 0 Å². The highest BCUT2D eigenvalue weighted by Gasteiger charge is 2.24. The highest BCUT2D eigenvalue weighted by Crippen LogP contribution is 2.33. The first-order valence-electron chi connectivity index (χ1n) is 12.8. The summed E-state index contributed by atoms with van der Waals surface area (Å²) in [6, 6.07) is 12.4. The fraction of sp³-hybridized carbons (Fsp3) is 0.407. The van der Waals surface area contributed by atoms with Gasteiger partial charge < -0.3 is 24.2 Å². The van der Waals surface area contributed by atoms with Crippen LogP contribution in [0.2, 0.25) is 0 Å². The number of morpholine rings is 1. The molecule has 1 N–H and O–H groups in total. The third-order valence-electron chi connectivity index (χ3n) is 7.08. The number of hydrogen-bond acceptors (Lipinski definition) is 8. The van der Waals surface area contributed by atoms with Gasteiger partial charge in [-0.15, -0.1) is 0 Å². The monoisotopic (exact) mass is 485 g/mol. The molecule has 0 bridgehead atoms. The number of pyridine rings is 1. The first kappa shape index (κ1) is 22.9. The number of hydrogen-bond donors (Lipinski definition) is 1. The van der Waals surface area contributed by atoms with Crippen molar-refractivity contribution < 1.29 is 9.84 Å². The van der Waals surface area contributed by atoms with Gasteiger partial charge in [0.1, 0.15) is 5.82 Å².